The first kappa shape index (κ1) is 9.22. The fourth-order valence-electron chi connectivity index (χ4n) is 1.10. The summed E-state index contributed by atoms with van der Waals surface area (Å²) < 4.78 is 0. The highest BCUT2D eigenvalue weighted by Gasteiger charge is 2.02. The molecule has 4 nitrogen and oxygen atoms in total. The Labute approximate surface area is 72.2 Å². The van der Waals surface area contributed by atoms with Gasteiger partial charge >= 0.3 is 0 Å². The van der Waals surface area contributed by atoms with Crippen molar-refractivity contribution in [3.63, 3.8) is 0 Å². The summed E-state index contributed by atoms with van der Waals surface area (Å²) in [5.74, 6) is 0. The summed E-state index contributed by atoms with van der Waals surface area (Å²) >= 11 is 0. The second-order valence-electron chi connectivity index (χ2n) is 2.67. The zero-order valence-electron chi connectivity index (χ0n) is 7.32. The van der Waals surface area contributed by atoms with Crippen molar-refractivity contribution in [1.29, 1.82) is 0 Å². The Kier molecular flexibility index (Phi) is 3.76. The zero-order chi connectivity index (χ0) is 8.81. The van der Waals surface area contributed by atoms with Crippen LogP contribution < -0.4 is 0 Å². The van der Waals surface area contributed by atoms with Crippen LogP contribution in [0.1, 0.15) is 12.6 Å². The summed E-state index contributed by atoms with van der Waals surface area (Å²) in [6.45, 7) is 4.78. The third kappa shape index (κ3) is 2.64. The van der Waals surface area contributed by atoms with Gasteiger partial charge in [-0.3, -0.25) is 4.90 Å². The van der Waals surface area contributed by atoms with E-state index >= 15 is 0 Å². The molecule has 1 aromatic rings. The third-order valence-corrected chi connectivity index (χ3v) is 1.81. The number of rotatable bonds is 5. The predicted molar refractivity (Wildman–Crippen MR) is 46.6 cm³/mol. The molecule has 1 rings (SSSR count). The number of hydrogen-bond acceptors (Lipinski definition) is 3. The number of imidazole rings is 1. The number of hydrogen-bond donors (Lipinski definition) is 2. The number of aliphatic hydroxyl groups excluding tert-OH is 1. The molecule has 0 aliphatic heterocycles. The maximum Gasteiger partial charge on any atom is 0.0922 e. The Morgan fingerprint density at radius 3 is 3.00 bits per heavy atom. The zero-order valence-corrected chi connectivity index (χ0v) is 7.32. The summed E-state index contributed by atoms with van der Waals surface area (Å²) in [5.41, 5.74) is 1.09. The van der Waals surface area contributed by atoms with Crippen LogP contribution in [0.4, 0.5) is 0 Å². The molecule has 0 atom stereocenters. The van der Waals surface area contributed by atoms with Crippen LogP contribution in [0.2, 0.25) is 0 Å². The van der Waals surface area contributed by atoms with E-state index in [1.165, 1.54) is 0 Å². The minimum Gasteiger partial charge on any atom is -0.395 e. The van der Waals surface area contributed by atoms with Crippen LogP contribution in [0.5, 0.6) is 0 Å². The van der Waals surface area contributed by atoms with Gasteiger partial charge in [-0.15, -0.1) is 0 Å². The first-order chi connectivity index (χ1) is 5.86. The highest BCUT2D eigenvalue weighted by atomic mass is 16.3. The van der Waals surface area contributed by atoms with E-state index in [0.717, 1.165) is 25.3 Å². The molecule has 0 aliphatic carbocycles. The Morgan fingerprint density at radius 1 is 1.67 bits per heavy atom. The Hall–Kier alpha value is -0.870. The average molecular weight is 169 g/mol. The van der Waals surface area contributed by atoms with Gasteiger partial charge in [0.1, 0.15) is 0 Å². The van der Waals surface area contributed by atoms with E-state index in [2.05, 4.69) is 21.8 Å². The fourth-order valence-corrected chi connectivity index (χ4v) is 1.10. The predicted octanol–water partition coefficient (Wildman–Crippen LogP) is 0.224. The van der Waals surface area contributed by atoms with Crippen molar-refractivity contribution < 1.29 is 5.11 Å². The van der Waals surface area contributed by atoms with Gasteiger partial charge < -0.3 is 10.1 Å². The Morgan fingerprint density at radius 2 is 2.50 bits per heavy atom. The average Bonchev–Trinajstić information content (AvgIpc) is 2.56. The summed E-state index contributed by atoms with van der Waals surface area (Å²) in [4.78, 5) is 9.10. The van der Waals surface area contributed by atoms with Gasteiger partial charge in [0, 0.05) is 25.0 Å². The maximum atomic E-state index is 8.73. The number of aromatic amines is 1. The van der Waals surface area contributed by atoms with E-state index in [9.17, 15) is 0 Å². The Bertz CT molecular complexity index is 198. The number of nitrogens with zero attached hydrogens (tertiary/aromatic N) is 2. The van der Waals surface area contributed by atoms with Gasteiger partial charge in [0.05, 0.1) is 12.9 Å². The van der Waals surface area contributed by atoms with Gasteiger partial charge in [0.25, 0.3) is 0 Å². The van der Waals surface area contributed by atoms with E-state index in [-0.39, 0.29) is 6.61 Å². The number of aliphatic hydroxyl groups is 1. The largest absolute Gasteiger partial charge is 0.395 e. The molecule has 0 saturated carbocycles. The van der Waals surface area contributed by atoms with Crippen LogP contribution in [-0.4, -0.2) is 39.7 Å². The van der Waals surface area contributed by atoms with Crippen molar-refractivity contribution in [2.24, 2.45) is 0 Å². The lowest BCUT2D eigenvalue weighted by molar-refractivity contribution is 0.195. The molecule has 0 fully saturated rings. The topological polar surface area (TPSA) is 52.1 Å². The molecule has 12 heavy (non-hydrogen) atoms. The summed E-state index contributed by atoms with van der Waals surface area (Å²) in [6.07, 6.45) is 3.47. The number of nitrogens with one attached hydrogen (secondary N) is 1. The summed E-state index contributed by atoms with van der Waals surface area (Å²) in [6, 6.07) is 0. The molecule has 0 spiro atoms. The van der Waals surface area contributed by atoms with Crippen LogP contribution in [0.3, 0.4) is 0 Å². The molecule has 0 aromatic carbocycles. The molecule has 0 bridgehead atoms. The van der Waals surface area contributed by atoms with Crippen LogP contribution in [-0.2, 0) is 6.54 Å². The standard InChI is InChI=1S/C8H15N3O/c1-2-11(3-4-12)6-8-5-9-7-10-8/h5,7,12H,2-4,6H2,1H3,(H,9,10). The van der Waals surface area contributed by atoms with Crippen LogP contribution in [0.25, 0.3) is 0 Å². The molecule has 0 amide bonds. The monoisotopic (exact) mass is 169 g/mol. The maximum absolute atomic E-state index is 8.73. The smallest absolute Gasteiger partial charge is 0.0922 e. The lowest BCUT2D eigenvalue weighted by atomic mass is 10.4. The van der Waals surface area contributed by atoms with Crippen molar-refractivity contribution in [2.75, 3.05) is 19.7 Å². The molecular formula is C8H15N3O. The highest BCUT2D eigenvalue weighted by molar-refractivity contribution is 4.93. The second kappa shape index (κ2) is 4.90. The lowest BCUT2D eigenvalue weighted by Crippen LogP contribution is -2.26. The quantitative estimate of drug-likeness (QED) is 0.663. The normalized spacial score (nSPS) is 10.9. The molecule has 4 heteroatoms. The molecule has 0 unspecified atom stereocenters. The highest BCUT2D eigenvalue weighted by Crippen LogP contribution is 1.98. The van der Waals surface area contributed by atoms with Gasteiger partial charge in [0.15, 0.2) is 0 Å². The molecule has 1 aromatic heterocycles. The van der Waals surface area contributed by atoms with Crippen molar-refractivity contribution in [1.82, 2.24) is 14.9 Å². The van der Waals surface area contributed by atoms with Crippen molar-refractivity contribution >= 4 is 0 Å². The lowest BCUT2D eigenvalue weighted by Gasteiger charge is -2.17. The summed E-state index contributed by atoms with van der Waals surface area (Å²) in [5, 5.41) is 8.73. The molecule has 68 valence electrons. The van der Waals surface area contributed by atoms with Crippen LogP contribution >= 0.6 is 0 Å². The van der Waals surface area contributed by atoms with E-state index < -0.39 is 0 Å². The van der Waals surface area contributed by atoms with Gasteiger partial charge in [-0.2, -0.15) is 0 Å². The first-order valence-corrected chi connectivity index (χ1v) is 4.17. The van der Waals surface area contributed by atoms with E-state index in [1.54, 1.807) is 12.5 Å². The summed E-state index contributed by atoms with van der Waals surface area (Å²) in [7, 11) is 0. The van der Waals surface area contributed by atoms with E-state index in [1.807, 2.05) is 0 Å². The SMILES string of the molecule is CCN(CCO)Cc1cnc[nH]1. The Balaban J connectivity index is 2.37. The molecule has 0 saturated heterocycles. The van der Waals surface area contributed by atoms with Crippen LogP contribution in [0, 0.1) is 0 Å². The second-order valence-corrected chi connectivity index (χ2v) is 2.67. The van der Waals surface area contributed by atoms with Crippen LogP contribution in [0.15, 0.2) is 12.5 Å². The molecule has 0 radical (unpaired) electrons. The van der Waals surface area contributed by atoms with Crippen molar-refractivity contribution in [3.8, 4) is 0 Å². The number of H-pyrrole nitrogens is 1. The minimum absolute atomic E-state index is 0.210. The van der Waals surface area contributed by atoms with Gasteiger partial charge in [0.2, 0.25) is 0 Å². The van der Waals surface area contributed by atoms with Gasteiger partial charge in [-0.1, -0.05) is 6.92 Å². The van der Waals surface area contributed by atoms with Crippen molar-refractivity contribution in [3.05, 3.63) is 18.2 Å². The first-order valence-electron chi connectivity index (χ1n) is 4.17. The fraction of sp³-hybridized carbons (Fsp3) is 0.625. The molecular weight excluding hydrogens is 154 g/mol. The molecule has 1 heterocycles. The number of aromatic nitrogens is 2. The molecule has 2 N–H and O–H groups in total. The van der Waals surface area contributed by atoms with E-state index in [0.29, 0.717) is 0 Å². The number of likely N-dealkylation sites (N-methyl/N-ethyl adjacent to an activating group) is 1. The third-order valence-electron chi connectivity index (χ3n) is 1.81. The van der Waals surface area contributed by atoms with Gasteiger partial charge in [-0.25, -0.2) is 4.98 Å². The van der Waals surface area contributed by atoms with Crippen molar-refractivity contribution in [2.45, 2.75) is 13.5 Å². The minimum atomic E-state index is 0.210. The molecule has 0 aliphatic rings. The van der Waals surface area contributed by atoms with E-state index in [4.69, 9.17) is 5.11 Å². The van der Waals surface area contributed by atoms with Gasteiger partial charge in [-0.05, 0) is 6.54 Å².